The fraction of sp³-hybridized carbons (Fsp3) is 0.600. The van der Waals surface area contributed by atoms with Gasteiger partial charge in [-0.05, 0) is 38.3 Å². The number of aromatic nitrogens is 1. The lowest BCUT2D eigenvalue weighted by Crippen LogP contribution is -2.38. The lowest BCUT2D eigenvalue weighted by atomic mass is 9.93. The summed E-state index contributed by atoms with van der Waals surface area (Å²) >= 11 is 0. The molecule has 1 aliphatic rings. The van der Waals surface area contributed by atoms with Gasteiger partial charge in [-0.15, -0.1) is 0 Å². The van der Waals surface area contributed by atoms with Crippen molar-refractivity contribution in [2.75, 3.05) is 13.1 Å². The van der Waals surface area contributed by atoms with Crippen molar-refractivity contribution in [2.24, 2.45) is 5.92 Å². The van der Waals surface area contributed by atoms with Gasteiger partial charge in [0, 0.05) is 25.3 Å². The first-order valence-corrected chi connectivity index (χ1v) is 7.23. The Balaban J connectivity index is 2.12. The van der Waals surface area contributed by atoms with Crippen molar-refractivity contribution >= 4 is 11.9 Å². The fourth-order valence-electron chi connectivity index (χ4n) is 2.48. The van der Waals surface area contributed by atoms with E-state index in [9.17, 15) is 9.59 Å². The van der Waals surface area contributed by atoms with E-state index in [0.717, 1.165) is 12.8 Å². The van der Waals surface area contributed by atoms with E-state index in [0.29, 0.717) is 18.3 Å². The van der Waals surface area contributed by atoms with Crippen LogP contribution >= 0.6 is 0 Å². The van der Waals surface area contributed by atoms with E-state index in [1.807, 2.05) is 29.8 Å². The van der Waals surface area contributed by atoms with Gasteiger partial charge in [-0.2, -0.15) is 0 Å². The van der Waals surface area contributed by atoms with Gasteiger partial charge in [-0.25, -0.2) is 0 Å². The second-order valence-electron chi connectivity index (χ2n) is 5.47. The van der Waals surface area contributed by atoms with Crippen molar-refractivity contribution in [1.82, 2.24) is 9.47 Å². The van der Waals surface area contributed by atoms with Crippen LogP contribution in [0.5, 0.6) is 0 Å². The summed E-state index contributed by atoms with van der Waals surface area (Å²) in [5.74, 6) is -1.49. The highest BCUT2D eigenvalue weighted by molar-refractivity contribution is 5.93. The zero-order chi connectivity index (χ0) is 14.7. The zero-order valence-electron chi connectivity index (χ0n) is 12.1. The van der Waals surface area contributed by atoms with E-state index in [1.165, 1.54) is 6.42 Å². The summed E-state index contributed by atoms with van der Waals surface area (Å²) in [7, 11) is 0. The van der Waals surface area contributed by atoms with Gasteiger partial charge in [0.1, 0.15) is 5.69 Å². The minimum absolute atomic E-state index is 0.0718. The number of carbonyl (C=O) groups is 2. The van der Waals surface area contributed by atoms with E-state index < -0.39 is 11.9 Å². The molecule has 1 amide bonds. The van der Waals surface area contributed by atoms with Crippen LogP contribution in [0.25, 0.3) is 0 Å². The molecule has 5 heteroatoms. The van der Waals surface area contributed by atoms with Crippen LogP contribution in [0.1, 0.15) is 49.6 Å². The Bertz CT molecular complexity index is 491. The van der Waals surface area contributed by atoms with Gasteiger partial charge in [0.25, 0.3) is 5.91 Å². The Morgan fingerprint density at radius 1 is 1.50 bits per heavy atom. The maximum absolute atomic E-state index is 12.6. The number of rotatable bonds is 6. The highest BCUT2D eigenvalue weighted by atomic mass is 16.4. The van der Waals surface area contributed by atoms with Crippen molar-refractivity contribution in [3.63, 3.8) is 0 Å². The number of aliphatic carboxylic acids is 1. The molecule has 1 atom stereocenters. The summed E-state index contributed by atoms with van der Waals surface area (Å²) in [4.78, 5) is 25.1. The van der Waals surface area contributed by atoms with E-state index in [2.05, 4.69) is 0 Å². The molecule has 2 rings (SSSR count). The molecule has 1 aromatic heterocycles. The topological polar surface area (TPSA) is 62.5 Å². The largest absolute Gasteiger partial charge is 0.481 e. The number of hydrogen-bond acceptors (Lipinski definition) is 2. The number of carbonyl (C=O) groups excluding carboxylic acids is 1. The molecule has 1 aromatic rings. The Hall–Kier alpha value is -1.78. The van der Waals surface area contributed by atoms with Crippen molar-refractivity contribution in [2.45, 2.75) is 39.2 Å². The Kier molecular flexibility index (Phi) is 4.47. The smallest absolute Gasteiger partial charge is 0.308 e. The molecule has 1 heterocycles. The molecule has 110 valence electrons. The first-order chi connectivity index (χ1) is 9.54. The van der Waals surface area contributed by atoms with Crippen LogP contribution in [-0.2, 0) is 4.79 Å². The van der Waals surface area contributed by atoms with Crippen LogP contribution in [0.15, 0.2) is 18.3 Å². The summed E-state index contributed by atoms with van der Waals surface area (Å²) in [6, 6.07) is 4.15. The van der Waals surface area contributed by atoms with E-state index in [1.54, 1.807) is 11.8 Å². The van der Waals surface area contributed by atoms with Gasteiger partial charge in [-0.3, -0.25) is 9.59 Å². The van der Waals surface area contributed by atoms with Crippen LogP contribution in [0, 0.1) is 5.92 Å². The van der Waals surface area contributed by atoms with Crippen LogP contribution in [0.4, 0.5) is 0 Å². The molecular weight excluding hydrogens is 256 g/mol. The van der Waals surface area contributed by atoms with Gasteiger partial charge in [-0.1, -0.05) is 6.92 Å². The van der Waals surface area contributed by atoms with Crippen LogP contribution < -0.4 is 0 Å². The first-order valence-electron chi connectivity index (χ1n) is 7.23. The van der Waals surface area contributed by atoms with Crippen molar-refractivity contribution < 1.29 is 14.7 Å². The van der Waals surface area contributed by atoms with Crippen molar-refractivity contribution in [1.29, 1.82) is 0 Å². The van der Waals surface area contributed by atoms with Crippen molar-refractivity contribution in [3.8, 4) is 0 Å². The average molecular weight is 278 g/mol. The fourth-order valence-corrected chi connectivity index (χ4v) is 2.48. The van der Waals surface area contributed by atoms with Gasteiger partial charge < -0.3 is 14.6 Å². The third-order valence-corrected chi connectivity index (χ3v) is 4.05. The number of amides is 1. The predicted octanol–water partition coefficient (Wildman–Crippen LogP) is 2.40. The summed E-state index contributed by atoms with van der Waals surface area (Å²) in [6.45, 7) is 4.28. The number of carboxylic acid groups (broad SMARTS) is 1. The zero-order valence-corrected chi connectivity index (χ0v) is 12.1. The normalized spacial score (nSPS) is 16.5. The van der Waals surface area contributed by atoms with Crippen LogP contribution in [0.3, 0.4) is 0 Å². The molecule has 0 aromatic carbocycles. The van der Waals surface area contributed by atoms with E-state index >= 15 is 0 Å². The minimum atomic E-state index is -0.870. The average Bonchev–Trinajstić information content (AvgIpc) is 2.81. The van der Waals surface area contributed by atoms with E-state index in [-0.39, 0.29) is 12.5 Å². The van der Waals surface area contributed by atoms with Gasteiger partial charge in [0.15, 0.2) is 0 Å². The second kappa shape index (κ2) is 6.11. The monoisotopic (exact) mass is 278 g/mol. The lowest BCUT2D eigenvalue weighted by molar-refractivity contribution is -0.141. The summed E-state index contributed by atoms with van der Waals surface area (Å²) in [5, 5.41) is 8.99. The first kappa shape index (κ1) is 14.6. The summed E-state index contributed by atoms with van der Waals surface area (Å²) < 4.78 is 2.04. The molecule has 0 bridgehead atoms. The molecule has 0 radical (unpaired) electrons. The molecule has 1 fully saturated rings. The van der Waals surface area contributed by atoms with Gasteiger partial charge >= 0.3 is 5.97 Å². The van der Waals surface area contributed by atoms with E-state index in [4.69, 9.17) is 5.11 Å². The molecule has 5 nitrogen and oxygen atoms in total. The standard InChI is InChI=1S/C15H22N2O3/c1-3-16(10-11(2)15(19)20)14(18)13-8-5-9-17(13)12-6-4-7-12/h5,8-9,11-12H,3-4,6-7,10H2,1-2H3,(H,19,20). The third kappa shape index (κ3) is 2.86. The quantitative estimate of drug-likeness (QED) is 0.869. The number of carboxylic acids is 1. The lowest BCUT2D eigenvalue weighted by Gasteiger charge is -2.30. The highest BCUT2D eigenvalue weighted by Gasteiger charge is 2.26. The van der Waals surface area contributed by atoms with Crippen LogP contribution in [-0.4, -0.2) is 39.5 Å². The minimum Gasteiger partial charge on any atom is -0.481 e. The molecule has 20 heavy (non-hydrogen) atoms. The number of hydrogen-bond donors (Lipinski definition) is 1. The Morgan fingerprint density at radius 2 is 2.20 bits per heavy atom. The maximum Gasteiger partial charge on any atom is 0.308 e. The molecule has 1 unspecified atom stereocenters. The van der Waals surface area contributed by atoms with Gasteiger partial charge in [0.2, 0.25) is 0 Å². The predicted molar refractivity (Wildman–Crippen MR) is 75.7 cm³/mol. The summed E-state index contributed by atoms with van der Waals surface area (Å²) in [5.41, 5.74) is 0.675. The highest BCUT2D eigenvalue weighted by Crippen LogP contribution is 2.33. The SMILES string of the molecule is CCN(CC(C)C(=O)O)C(=O)c1cccn1C1CCC1. The number of nitrogens with zero attached hydrogens (tertiary/aromatic N) is 2. The van der Waals surface area contributed by atoms with Crippen LogP contribution in [0.2, 0.25) is 0 Å². The Labute approximate surface area is 119 Å². The molecule has 0 aliphatic heterocycles. The van der Waals surface area contributed by atoms with Crippen molar-refractivity contribution in [3.05, 3.63) is 24.0 Å². The molecule has 1 aliphatic carbocycles. The molecule has 0 spiro atoms. The Morgan fingerprint density at radius 3 is 2.70 bits per heavy atom. The molecule has 1 saturated carbocycles. The molecule has 0 saturated heterocycles. The summed E-state index contributed by atoms with van der Waals surface area (Å²) in [6.07, 6.45) is 5.40. The maximum atomic E-state index is 12.6. The second-order valence-corrected chi connectivity index (χ2v) is 5.47. The molecule has 1 N–H and O–H groups in total. The molecular formula is C15H22N2O3. The third-order valence-electron chi connectivity index (χ3n) is 4.05. The van der Waals surface area contributed by atoms with Gasteiger partial charge in [0.05, 0.1) is 5.92 Å².